The second kappa shape index (κ2) is 6.45. The van der Waals surface area contributed by atoms with Crippen molar-refractivity contribution in [3.05, 3.63) is 33.8 Å². The first kappa shape index (κ1) is 15.1. The molecule has 1 aromatic carbocycles. The zero-order chi connectivity index (χ0) is 14.0. The lowest BCUT2D eigenvalue weighted by Crippen LogP contribution is -2.52. The van der Waals surface area contributed by atoms with E-state index in [-0.39, 0.29) is 6.04 Å². The number of nitrogens with one attached hydrogen (secondary N) is 1. The summed E-state index contributed by atoms with van der Waals surface area (Å²) in [4.78, 5) is 0. The molecule has 1 aliphatic rings. The van der Waals surface area contributed by atoms with Crippen LogP contribution in [0.2, 0.25) is 10.0 Å². The number of benzene rings is 1. The molecular formula is C15H22Cl2N2. The third kappa shape index (κ3) is 3.43. The fraction of sp³-hybridized carbons (Fsp3) is 0.600. The van der Waals surface area contributed by atoms with Crippen LogP contribution in [0, 0.1) is 0 Å². The Labute approximate surface area is 126 Å². The molecule has 0 aliphatic carbocycles. The Bertz CT molecular complexity index is 426. The molecule has 0 aromatic heterocycles. The highest BCUT2D eigenvalue weighted by molar-refractivity contribution is 6.42. The Morgan fingerprint density at radius 1 is 1.21 bits per heavy atom. The molecule has 19 heavy (non-hydrogen) atoms. The van der Waals surface area contributed by atoms with E-state index in [1.807, 2.05) is 18.2 Å². The monoisotopic (exact) mass is 300 g/mol. The Balaban J connectivity index is 2.11. The molecule has 1 N–H and O–H groups in total. The second-order valence-corrected chi connectivity index (χ2v) is 6.32. The van der Waals surface area contributed by atoms with Gasteiger partial charge in [0.15, 0.2) is 0 Å². The highest BCUT2D eigenvalue weighted by atomic mass is 35.5. The van der Waals surface area contributed by atoms with Crippen molar-refractivity contribution in [3.8, 4) is 0 Å². The summed E-state index contributed by atoms with van der Waals surface area (Å²) in [5, 5.41) is 3.64. The normalized spacial score (nSPS) is 26.4. The summed E-state index contributed by atoms with van der Waals surface area (Å²) < 4.78 is 0. The van der Waals surface area contributed by atoms with Gasteiger partial charge in [0.2, 0.25) is 0 Å². The van der Waals surface area contributed by atoms with E-state index in [1.54, 1.807) is 0 Å². The Hall–Kier alpha value is -0.280. The van der Waals surface area contributed by atoms with E-state index in [4.69, 9.17) is 23.2 Å². The van der Waals surface area contributed by atoms with Crippen molar-refractivity contribution in [3.63, 3.8) is 0 Å². The van der Waals surface area contributed by atoms with Gasteiger partial charge >= 0.3 is 0 Å². The van der Waals surface area contributed by atoms with Gasteiger partial charge in [-0.1, -0.05) is 41.8 Å². The minimum atomic E-state index is 0.161. The number of hydrogen-bond donors (Lipinski definition) is 1. The number of piperidine rings is 1. The highest BCUT2D eigenvalue weighted by Crippen LogP contribution is 2.31. The molecule has 4 heteroatoms. The van der Waals surface area contributed by atoms with Crippen LogP contribution < -0.4 is 5.43 Å². The Kier molecular flexibility index (Phi) is 5.13. The van der Waals surface area contributed by atoms with Gasteiger partial charge in [0.05, 0.1) is 10.0 Å². The summed E-state index contributed by atoms with van der Waals surface area (Å²) in [5.41, 5.74) is 4.65. The van der Waals surface area contributed by atoms with Crippen molar-refractivity contribution < 1.29 is 0 Å². The van der Waals surface area contributed by atoms with Gasteiger partial charge in [-0.2, -0.15) is 0 Å². The van der Waals surface area contributed by atoms with Gasteiger partial charge in [-0.25, -0.2) is 10.4 Å². The van der Waals surface area contributed by atoms with Crippen molar-refractivity contribution >= 4 is 23.2 Å². The first-order valence-electron chi connectivity index (χ1n) is 6.99. The van der Waals surface area contributed by atoms with Gasteiger partial charge in [0.1, 0.15) is 0 Å². The highest BCUT2D eigenvalue weighted by Gasteiger charge is 2.26. The molecule has 2 rings (SSSR count). The average Bonchev–Trinajstić information content (AvgIpc) is 2.37. The van der Waals surface area contributed by atoms with Crippen LogP contribution in [0.3, 0.4) is 0 Å². The van der Waals surface area contributed by atoms with Gasteiger partial charge in [-0.05, 0) is 45.2 Å². The molecule has 3 unspecified atom stereocenters. The molecule has 1 saturated heterocycles. The first-order valence-corrected chi connectivity index (χ1v) is 7.74. The summed E-state index contributed by atoms with van der Waals surface area (Å²) in [7, 11) is 0. The predicted molar refractivity (Wildman–Crippen MR) is 82.6 cm³/mol. The second-order valence-electron chi connectivity index (χ2n) is 5.53. The van der Waals surface area contributed by atoms with Crippen LogP contribution in [-0.4, -0.2) is 17.1 Å². The molecule has 3 atom stereocenters. The van der Waals surface area contributed by atoms with E-state index in [2.05, 4.69) is 31.2 Å². The number of nitrogens with zero attached hydrogens (tertiary/aromatic N) is 1. The lowest BCUT2D eigenvalue weighted by molar-refractivity contribution is 0.0320. The molecule has 0 bridgehead atoms. The number of hydrazine groups is 1. The maximum atomic E-state index is 6.29. The lowest BCUT2D eigenvalue weighted by Gasteiger charge is -2.41. The Morgan fingerprint density at radius 2 is 1.84 bits per heavy atom. The van der Waals surface area contributed by atoms with Gasteiger partial charge in [-0.3, -0.25) is 0 Å². The summed E-state index contributed by atoms with van der Waals surface area (Å²) in [6.45, 7) is 6.68. The van der Waals surface area contributed by atoms with Crippen molar-refractivity contribution in [1.29, 1.82) is 0 Å². The number of rotatable bonds is 3. The van der Waals surface area contributed by atoms with Gasteiger partial charge in [-0.15, -0.1) is 0 Å². The van der Waals surface area contributed by atoms with E-state index in [0.29, 0.717) is 22.1 Å². The summed E-state index contributed by atoms with van der Waals surface area (Å²) in [5.74, 6) is 0. The van der Waals surface area contributed by atoms with Crippen LogP contribution >= 0.6 is 23.2 Å². The third-order valence-corrected chi connectivity index (χ3v) is 4.82. The first-order chi connectivity index (χ1) is 9.00. The standard InChI is InChI=1S/C15H22Cl2N2/c1-10-6-4-7-11(2)19(10)18-12(3)13-8-5-9-14(16)15(13)17/h5,8-12,18H,4,6-7H2,1-3H3. The van der Waals surface area contributed by atoms with Crippen LogP contribution in [0.1, 0.15) is 51.6 Å². The van der Waals surface area contributed by atoms with E-state index in [1.165, 1.54) is 19.3 Å². The fourth-order valence-electron chi connectivity index (χ4n) is 2.82. The smallest absolute Gasteiger partial charge is 0.0640 e. The predicted octanol–water partition coefficient (Wildman–Crippen LogP) is 4.82. The van der Waals surface area contributed by atoms with Crippen molar-refractivity contribution in [1.82, 2.24) is 10.4 Å². The van der Waals surface area contributed by atoms with Crippen molar-refractivity contribution in [2.75, 3.05) is 0 Å². The number of hydrogen-bond acceptors (Lipinski definition) is 2. The van der Waals surface area contributed by atoms with Crippen LogP contribution in [0.5, 0.6) is 0 Å². The van der Waals surface area contributed by atoms with Gasteiger partial charge in [0, 0.05) is 18.1 Å². The third-order valence-electron chi connectivity index (χ3n) is 3.98. The maximum Gasteiger partial charge on any atom is 0.0640 e. The molecule has 106 valence electrons. The number of halogens is 2. The molecule has 0 amide bonds. The molecule has 1 fully saturated rings. The minimum absolute atomic E-state index is 0.161. The van der Waals surface area contributed by atoms with Gasteiger partial charge in [0.25, 0.3) is 0 Å². The van der Waals surface area contributed by atoms with Crippen LogP contribution in [0.4, 0.5) is 0 Å². The quantitative estimate of drug-likeness (QED) is 0.861. The zero-order valence-electron chi connectivity index (χ0n) is 11.8. The largest absolute Gasteiger partial charge is 0.247 e. The molecule has 0 spiro atoms. The zero-order valence-corrected chi connectivity index (χ0v) is 13.3. The lowest BCUT2D eigenvalue weighted by atomic mass is 9.99. The Morgan fingerprint density at radius 3 is 2.47 bits per heavy atom. The molecule has 0 saturated carbocycles. The fourth-order valence-corrected chi connectivity index (χ4v) is 3.30. The molecule has 1 heterocycles. The van der Waals surface area contributed by atoms with Crippen LogP contribution in [0.25, 0.3) is 0 Å². The topological polar surface area (TPSA) is 15.3 Å². The maximum absolute atomic E-state index is 6.29. The van der Waals surface area contributed by atoms with E-state index < -0.39 is 0 Å². The summed E-state index contributed by atoms with van der Waals surface area (Å²) in [6.07, 6.45) is 3.80. The molecule has 1 aliphatic heterocycles. The van der Waals surface area contributed by atoms with Crippen molar-refractivity contribution in [2.24, 2.45) is 0 Å². The van der Waals surface area contributed by atoms with E-state index in [9.17, 15) is 0 Å². The summed E-state index contributed by atoms with van der Waals surface area (Å²) >= 11 is 12.4. The van der Waals surface area contributed by atoms with Crippen molar-refractivity contribution in [2.45, 2.75) is 58.2 Å². The molecule has 0 radical (unpaired) electrons. The van der Waals surface area contributed by atoms with Gasteiger partial charge < -0.3 is 0 Å². The SMILES string of the molecule is CC(NN1C(C)CCCC1C)c1cccc(Cl)c1Cl. The average molecular weight is 301 g/mol. The van der Waals surface area contributed by atoms with E-state index in [0.717, 1.165) is 5.56 Å². The van der Waals surface area contributed by atoms with Crippen LogP contribution in [0.15, 0.2) is 18.2 Å². The van der Waals surface area contributed by atoms with E-state index >= 15 is 0 Å². The molecular weight excluding hydrogens is 279 g/mol. The summed E-state index contributed by atoms with van der Waals surface area (Å²) in [6, 6.07) is 7.09. The van der Waals surface area contributed by atoms with Crippen LogP contribution in [-0.2, 0) is 0 Å². The molecule has 1 aromatic rings. The minimum Gasteiger partial charge on any atom is -0.247 e. The molecule has 2 nitrogen and oxygen atoms in total.